The number of hydrogen-bond donors (Lipinski definition) is 2. The van der Waals surface area contributed by atoms with Crippen molar-refractivity contribution in [3.05, 3.63) is 52.8 Å². The fourth-order valence-electron chi connectivity index (χ4n) is 2.74. The number of nitrogens with zero attached hydrogens (tertiary/aromatic N) is 3. The molecule has 1 aromatic heterocycles. The van der Waals surface area contributed by atoms with Gasteiger partial charge in [0, 0.05) is 37.3 Å². The highest BCUT2D eigenvalue weighted by atomic mass is 35.5. The fraction of sp³-hybridized carbons (Fsp3) is 0.412. The maximum Gasteiger partial charge on any atom is 0.191 e. The van der Waals surface area contributed by atoms with Crippen LogP contribution in [0.25, 0.3) is 0 Å². The van der Waals surface area contributed by atoms with E-state index in [0.717, 1.165) is 23.2 Å². The van der Waals surface area contributed by atoms with E-state index in [1.165, 1.54) is 18.4 Å². The summed E-state index contributed by atoms with van der Waals surface area (Å²) in [6, 6.07) is 10.2. The summed E-state index contributed by atoms with van der Waals surface area (Å²) in [6.45, 7) is 1.57. The summed E-state index contributed by atoms with van der Waals surface area (Å²) in [7, 11) is 3.73. The highest BCUT2D eigenvalue weighted by molar-refractivity contribution is 6.30. The van der Waals surface area contributed by atoms with E-state index in [1.807, 2.05) is 29.9 Å². The molecule has 0 aliphatic heterocycles. The molecule has 1 aliphatic carbocycles. The molecule has 0 saturated heterocycles. The number of rotatable bonds is 5. The molecule has 1 aromatic carbocycles. The van der Waals surface area contributed by atoms with Crippen LogP contribution in [0, 0.1) is 0 Å². The van der Waals surface area contributed by atoms with Gasteiger partial charge in [-0.1, -0.05) is 23.7 Å². The van der Waals surface area contributed by atoms with Gasteiger partial charge in [0.1, 0.15) is 0 Å². The van der Waals surface area contributed by atoms with E-state index in [0.29, 0.717) is 6.54 Å². The Bertz CT molecular complexity index is 685. The smallest absolute Gasteiger partial charge is 0.191 e. The lowest BCUT2D eigenvalue weighted by atomic mass is 9.96. The van der Waals surface area contributed by atoms with Crippen LogP contribution in [-0.4, -0.2) is 29.3 Å². The first-order chi connectivity index (χ1) is 11.1. The predicted molar refractivity (Wildman–Crippen MR) is 93.8 cm³/mol. The predicted octanol–water partition coefficient (Wildman–Crippen LogP) is 2.47. The Morgan fingerprint density at radius 3 is 2.57 bits per heavy atom. The molecule has 6 heteroatoms. The SMILES string of the molecule is CN=C(NCc1ccnn1C)NCC1(c2ccc(Cl)cc2)CC1. The molecule has 2 aromatic rings. The van der Waals surface area contributed by atoms with Gasteiger partial charge in [-0.25, -0.2) is 0 Å². The van der Waals surface area contributed by atoms with Crippen LogP contribution in [0.15, 0.2) is 41.5 Å². The lowest BCUT2D eigenvalue weighted by Gasteiger charge is -2.19. The van der Waals surface area contributed by atoms with Gasteiger partial charge in [-0.2, -0.15) is 5.10 Å². The van der Waals surface area contributed by atoms with Crippen molar-refractivity contribution in [2.75, 3.05) is 13.6 Å². The number of aliphatic imine (C=N–C) groups is 1. The maximum atomic E-state index is 5.98. The van der Waals surface area contributed by atoms with Crippen molar-refractivity contribution in [2.45, 2.75) is 24.8 Å². The van der Waals surface area contributed by atoms with E-state index in [4.69, 9.17) is 11.6 Å². The molecule has 0 atom stereocenters. The Labute approximate surface area is 141 Å². The van der Waals surface area contributed by atoms with Gasteiger partial charge in [0.2, 0.25) is 0 Å². The standard InChI is InChI=1S/C17H22ClN5/c1-19-16(20-11-15-7-10-22-23(15)2)21-12-17(8-9-17)13-3-5-14(18)6-4-13/h3-7,10H,8-9,11-12H2,1-2H3,(H2,19,20,21). The average molecular weight is 332 g/mol. The quantitative estimate of drug-likeness (QED) is 0.653. The van der Waals surface area contributed by atoms with Crippen molar-refractivity contribution in [1.82, 2.24) is 20.4 Å². The molecular formula is C17H22ClN5. The Balaban J connectivity index is 1.56. The van der Waals surface area contributed by atoms with Gasteiger partial charge in [0.25, 0.3) is 0 Å². The number of aromatic nitrogens is 2. The van der Waals surface area contributed by atoms with E-state index >= 15 is 0 Å². The number of aryl methyl sites for hydroxylation is 1. The van der Waals surface area contributed by atoms with Crippen LogP contribution < -0.4 is 10.6 Å². The second kappa shape index (κ2) is 6.62. The normalized spacial score (nSPS) is 16.2. The fourth-order valence-corrected chi connectivity index (χ4v) is 2.87. The Kier molecular flexibility index (Phi) is 4.57. The topological polar surface area (TPSA) is 54.2 Å². The zero-order chi connectivity index (χ0) is 16.3. The molecule has 0 unspecified atom stereocenters. The van der Waals surface area contributed by atoms with Crippen LogP contribution in [0.1, 0.15) is 24.1 Å². The third-order valence-corrected chi connectivity index (χ3v) is 4.74. The number of guanidine groups is 1. The van der Waals surface area contributed by atoms with Crippen LogP contribution in [0.2, 0.25) is 5.02 Å². The van der Waals surface area contributed by atoms with Crippen LogP contribution in [-0.2, 0) is 19.0 Å². The molecular weight excluding hydrogens is 310 g/mol. The molecule has 122 valence electrons. The lowest BCUT2D eigenvalue weighted by molar-refractivity contribution is 0.637. The van der Waals surface area contributed by atoms with Gasteiger partial charge in [-0.05, 0) is 36.6 Å². The molecule has 23 heavy (non-hydrogen) atoms. The van der Waals surface area contributed by atoms with E-state index in [2.05, 4.69) is 32.9 Å². The monoisotopic (exact) mass is 331 g/mol. The summed E-state index contributed by atoms with van der Waals surface area (Å²) in [5.41, 5.74) is 2.68. The van der Waals surface area contributed by atoms with E-state index in [9.17, 15) is 0 Å². The van der Waals surface area contributed by atoms with E-state index in [-0.39, 0.29) is 5.41 Å². The minimum Gasteiger partial charge on any atom is -0.356 e. The number of hydrogen-bond acceptors (Lipinski definition) is 2. The summed E-state index contributed by atoms with van der Waals surface area (Å²) in [5.74, 6) is 0.812. The molecule has 0 spiro atoms. The number of benzene rings is 1. The third-order valence-electron chi connectivity index (χ3n) is 4.49. The molecule has 0 amide bonds. The van der Waals surface area contributed by atoms with Crippen LogP contribution in [0.4, 0.5) is 0 Å². The van der Waals surface area contributed by atoms with E-state index in [1.54, 1.807) is 13.2 Å². The number of nitrogens with one attached hydrogen (secondary N) is 2. The highest BCUT2D eigenvalue weighted by Gasteiger charge is 2.44. The first-order valence-corrected chi connectivity index (χ1v) is 8.18. The summed E-state index contributed by atoms with van der Waals surface area (Å²) in [4.78, 5) is 4.30. The van der Waals surface area contributed by atoms with Crippen LogP contribution >= 0.6 is 11.6 Å². The molecule has 0 bridgehead atoms. The van der Waals surface area contributed by atoms with Crippen LogP contribution in [0.3, 0.4) is 0 Å². The van der Waals surface area contributed by atoms with Crippen molar-refractivity contribution in [3.63, 3.8) is 0 Å². The van der Waals surface area contributed by atoms with Crippen molar-refractivity contribution in [1.29, 1.82) is 0 Å². The molecule has 1 saturated carbocycles. The summed E-state index contributed by atoms with van der Waals surface area (Å²) < 4.78 is 1.86. The molecule has 3 rings (SSSR count). The first kappa shape index (κ1) is 15.9. The van der Waals surface area contributed by atoms with Gasteiger partial charge in [-0.3, -0.25) is 9.67 Å². The second-order valence-corrected chi connectivity index (χ2v) is 6.45. The molecule has 1 aliphatic rings. The van der Waals surface area contributed by atoms with Crippen molar-refractivity contribution in [3.8, 4) is 0 Å². The molecule has 0 radical (unpaired) electrons. The summed E-state index contributed by atoms with van der Waals surface area (Å²) >= 11 is 5.98. The molecule has 1 fully saturated rings. The van der Waals surface area contributed by atoms with Gasteiger partial charge >= 0.3 is 0 Å². The molecule has 5 nitrogen and oxygen atoms in total. The third kappa shape index (κ3) is 3.67. The lowest BCUT2D eigenvalue weighted by Crippen LogP contribution is -2.41. The summed E-state index contributed by atoms with van der Waals surface area (Å²) in [6.07, 6.45) is 4.19. The Morgan fingerprint density at radius 1 is 1.26 bits per heavy atom. The zero-order valence-corrected chi connectivity index (χ0v) is 14.3. The highest BCUT2D eigenvalue weighted by Crippen LogP contribution is 2.47. The van der Waals surface area contributed by atoms with E-state index < -0.39 is 0 Å². The van der Waals surface area contributed by atoms with Crippen molar-refractivity contribution >= 4 is 17.6 Å². The van der Waals surface area contributed by atoms with Crippen molar-refractivity contribution < 1.29 is 0 Å². The van der Waals surface area contributed by atoms with Crippen molar-refractivity contribution in [2.24, 2.45) is 12.0 Å². The average Bonchev–Trinajstić information content (AvgIpc) is 3.24. The van der Waals surface area contributed by atoms with Gasteiger partial charge in [-0.15, -0.1) is 0 Å². The largest absolute Gasteiger partial charge is 0.356 e. The second-order valence-electron chi connectivity index (χ2n) is 6.01. The summed E-state index contributed by atoms with van der Waals surface area (Å²) in [5, 5.41) is 11.7. The minimum absolute atomic E-state index is 0.217. The Morgan fingerprint density at radius 2 is 2.00 bits per heavy atom. The zero-order valence-electron chi connectivity index (χ0n) is 13.5. The van der Waals surface area contributed by atoms with Gasteiger partial charge in [0.15, 0.2) is 5.96 Å². The minimum atomic E-state index is 0.217. The van der Waals surface area contributed by atoms with Crippen LogP contribution in [0.5, 0.6) is 0 Å². The number of halogens is 1. The van der Waals surface area contributed by atoms with Gasteiger partial charge < -0.3 is 10.6 Å². The molecule has 1 heterocycles. The maximum absolute atomic E-state index is 5.98. The Hall–Kier alpha value is -2.01. The van der Waals surface area contributed by atoms with Gasteiger partial charge in [0.05, 0.1) is 12.2 Å². The molecule has 2 N–H and O–H groups in total. The first-order valence-electron chi connectivity index (χ1n) is 7.80.